The molecule has 2 rings (SSSR count). The number of thioether (sulfide) groups is 1. The van der Waals surface area contributed by atoms with Crippen LogP contribution >= 0.6 is 11.8 Å². The number of carbonyl (C=O) groups excluding carboxylic acids is 1. The van der Waals surface area contributed by atoms with E-state index in [-0.39, 0.29) is 11.2 Å². The predicted molar refractivity (Wildman–Crippen MR) is 106 cm³/mol. The van der Waals surface area contributed by atoms with Crippen molar-refractivity contribution in [1.82, 2.24) is 0 Å². The predicted octanol–water partition coefficient (Wildman–Crippen LogP) is 4.96. The molecule has 3 N–H and O–H groups in total. The maximum atomic E-state index is 12.5. The molecule has 0 heterocycles. The van der Waals surface area contributed by atoms with Gasteiger partial charge in [0.25, 0.3) is 0 Å². The number of benzene rings is 2. The fraction of sp³-hybridized carbons (Fsp3) is 0.350. The summed E-state index contributed by atoms with van der Waals surface area (Å²) in [5.74, 6) is 0.821. The number of nitrogens with two attached hydrogens (primary N) is 1. The molecule has 1 unspecified atom stereocenters. The van der Waals surface area contributed by atoms with Crippen LogP contribution in [0.2, 0.25) is 0 Å². The number of nitrogen functional groups attached to an aromatic ring is 1. The summed E-state index contributed by atoms with van der Waals surface area (Å²) in [6.45, 7) is 4.86. The molecule has 0 aliphatic heterocycles. The Hall–Kier alpha value is -2.14. The molecule has 0 aromatic heterocycles. The lowest BCUT2D eigenvalue weighted by atomic mass is 10.2. The van der Waals surface area contributed by atoms with Crippen LogP contribution in [0, 0.1) is 0 Å². The zero-order chi connectivity index (χ0) is 18.1. The van der Waals surface area contributed by atoms with Crippen molar-refractivity contribution < 1.29 is 9.53 Å². The van der Waals surface area contributed by atoms with Gasteiger partial charge in [0.05, 0.1) is 11.9 Å². The Bertz CT molecular complexity index is 674. The topological polar surface area (TPSA) is 64.3 Å². The molecule has 0 saturated carbocycles. The number of hydrogen-bond acceptors (Lipinski definition) is 4. The van der Waals surface area contributed by atoms with Gasteiger partial charge in [-0.15, -0.1) is 11.8 Å². The van der Waals surface area contributed by atoms with Crippen LogP contribution in [0.4, 0.5) is 11.4 Å². The molecule has 5 heteroatoms. The molecule has 0 aliphatic carbocycles. The van der Waals surface area contributed by atoms with Gasteiger partial charge in [0.15, 0.2) is 0 Å². The third-order valence-corrected chi connectivity index (χ3v) is 5.05. The number of hydrogen-bond donors (Lipinski definition) is 2. The monoisotopic (exact) mass is 358 g/mol. The van der Waals surface area contributed by atoms with Crippen LogP contribution in [0.25, 0.3) is 0 Å². The molecule has 4 nitrogen and oxygen atoms in total. The summed E-state index contributed by atoms with van der Waals surface area (Å²) in [7, 11) is 0. The van der Waals surface area contributed by atoms with Crippen LogP contribution in [0.5, 0.6) is 5.75 Å². The van der Waals surface area contributed by atoms with Gasteiger partial charge < -0.3 is 15.8 Å². The first kappa shape index (κ1) is 19.2. The second-order valence-electron chi connectivity index (χ2n) is 5.80. The van der Waals surface area contributed by atoms with Crippen molar-refractivity contribution in [2.24, 2.45) is 0 Å². The van der Waals surface area contributed by atoms with E-state index in [1.54, 1.807) is 0 Å². The summed E-state index contributed by atoms with van der Waals surface area (Å²) in [4.78, 5) is 13.5. The Balaban J connectivity index is 1.92. The summed E-state index contributed by atoms with van der Waals surface area (Å²) in [5, 5.41) is 2.81. The highest BCUT2D eigenvalue weighted by atomic mass is 32.2. The largest absolute Gasteiger partial charge is 0.494 e. The van der Waals surface area contributed by atoms with Gasteiger partial charge in [-0.2, -0.15) is 0 Å². The van der Waals surface area contributed by atoms with Crippen molar-refractivity contribution in [1.29, 1.82) is 0 Å². The quantitative estimate of drug-likeness (QED) is 0.378. The Morgan fingerprint density at radius 2 is 1.96 bits per heavy atom. The molecule has 134 valence electrons. The minimum Gasteiger partial charge on any atom is -0.494 e. The lowest BCUT2D eigenvalue weighted by Gasteiger charge is -2.15. The molecule has 0 bridgehead atoms. The Morgan fingerprint density at radius 1 is 1.20 bits per heavy atom. The van der Waals surface area contributed by atoms with Crippen molar-refractivity contribution >= 4 is 29.0 Å². The fourth-order valence-corrected chi connectivity index (χ4v) is 3.29. The van der Waals surface area contributed by atoms with Gasteiger partial charge >= 0.3 is 0 Å². The van der Waals surface area contributed by atoms with Gasteiger partial charge in [-0.3, -0.25) is 4.79 Å². The maximum absolute atomic E-state index is 12.5. The molecule has 2 aromatic rings. The molecular formula is C20H26N2O2S. The summed E-state index contributed by atoms with van der Waals surface area (Å²) < 4.78 is 5.64. The second-order valence-corrected chi connectivity index (χ2v) is 7.08. The third-order valence-electron chi connectivity index (χ3n) is 3.69. The van der Waals surface area contributed by atoms with Crippen molar-refractivity contribution in [3.8, 4) is 5.75 Å². The van der Waals surface area contributed by atoms with E-state index >= 15 is 0 Å². The van der Waals surface area contributed by atoms with Gasteiger partial charge in [0.1, 0.15) is 5.75 Å². The second kappa shape index (κ2) is 9.99. The van der Waals surface area contributed by atoms with Crippen molar-refractivity contribution in [2.75, 3.05) is 17.7 Å². The molecule has 1 atom stereocenters. The average molecular weight is 359 g/mol. The van der Waals surface area contributed by atoms with Crippen LogP contribution < -0.4 is 15.8 Å². The number of nitrogens with one attached hydrogen (secondary N) is 1. The number of amides is 1. The summed E-state index contributed by atoms with van der Waals surface area (Å²) in [5.41, 5.74) is 7.29. The highest BCUT2D eigenvalue weighted by Gasteiger charge is 2.18. The minimum absolute atomic E-state index is 0.00502. The van der Waals surface area contributed by atoms with E-state index in [0.29, 0.717) is 5.69 Å². The van der Waals surface area contributed by atoms with E-state index in [0.717, 1.165) is 42.2 Å². The van der Waals surface area contributed by atoms with E-state index in [4.69, 9.17) is 10.5 Å². The molecular weight excluding hydrogens is 332 g/mol. The Kier molecular flexibility index (Phi) is 7.67. The Labute approximate surface area is 154 Å². The van der Waals surface area contributed by atoms with E-state index in [1.807, 2.05) is 55.5 Å². The minimum atomic E-state index is -0.165. The number of ether oxygens (including phenoxy) is 1. The molecule has 0 saturated heterocycles. The standard InChI is InChI=1S/C20H26N2O2S/c1-3-5-13-24-17-11-9-16(10-12-17)22-20(23)19(4-2)25-18-8-6-7-15(21)14-18/h6-12,14,19H,3-5,13,21H2,1-2H3,(H,22,23). The number of carbonyl (C=O) groups is 1. The molecule has 0 radical (unpaired) electrons. The maximum Gasteiger partial charge on any atom is 0.237 e. The first-order valence-corrected chi connectivity index (χ1v) is 9.56. The number of rotatable bonds is 9. The van der Waals surface area contributed by atoms with Gasteiger partial charge in [-0.25, -0.2) is 0 Å². The molecule has 25 heavy (non-hydrogen) atoms. The third kappa shape index (κ3) is 6.35. The highest BCUT2D eigenvalue weighted by molar-refractivity contribution is 8.00. The lowest BCUT2D eigenvalue weighted by molar-refractivity contribution is -0.115. The van der Waals surface area contributed by atoms with Crippen molar-refractivity contribution in [3.05, 3.63) is 48.5 Å². The number of unbranched alkanes of at least 4 members (excludes halogenated alkanes) is 1. The normalized spacial score (nSPS) is 11.8. The van der Waals surface area contributed by atoms with Gasteiger partial charge in [0.2, 0.25) is 5.91 Å². The molecule has 0 aliphatic rings. The summed E-state index contributed by atoms with van der Waals surface area (Å²) in [6, 6.07) is 15.1. The van der Waals surface area contributed by atoms with Crippen LogP contribution in [0.3, 0.4) is 0 Å². The lowest BCUT2D eigenvalue weighted by Crippen LogP contribution is -2.24. The number of anilines is 2. The van der Waals surface area contributed by atoms with Gasteiger partial charge in [0, 0.05) is 16.3 Å². The van der Waals surface area contributed by atoms with Crippen LogP contribution in [0.1, 0.15) is 33.1 Å². The average Bonchev–Trinajstić information content (AvgIpc) is 2.61. The summed E-state index contributed by atoms with van der Waals surface area (Å²) >= 11 is 1.53. The first-order valence-electron chi connectivity index (χ1n) is 8.68. The van der Waals surface area contributed by atoms with Crippen molar-refractivity contribution in [3.63, 3.8) is 0 Å². The molecule has 0 fully saturated rings. The highest BCUT2D eigenvalue weighted by Crippen LogP contribution is 2.28. The van der Waals surface area contributed by atoms with Crippen molar-refractivity contribution in [2.45, 2.75) is 43.3 Å². The first-order chi connectivity index (χ1) is 12.1. The SMILES string of the molecule is CCCCOc1ccc(NC(=O)C(CC)Sc2cccc(N)c2)cc1. The molecule has 2 aromatic carbocycles. The van der Waals surface area contributed by atoms with Gasteiger partial charge in [-0.1, -0.05) is 26.3 Å². The Morgan fingerprint density at radius 3 is 2.60 bits per heavy atom. The van der Waals surface area contributed by atoms with Gasteiger partial charge in [-0.05, 0) is 55.3 Å². The van der Waals surface area contributed by atoms with E-state index in [9.17, 15) is 4.79 Å². The zero-order valence-corrected chi connectivity index (χ0v) is 15.6. The fourth-order valence-electron chi connectivity index (χ4n) is 2.27. The van der Waals surface area contributed by atoms with E-state index in [2.05, 4.69) is 12.2 Å². The molecule has 0 spiro atoms. The summed E-state index contributed by atoms with van der Waals surface area (Å²) in [6.07, 6.45) is 2.89. The smallest absolute Gasteiger partial charge is 0.237 e. The van der Waals surface area contributed by atoms with E-state index in [1.165, 1.54) is 11.8 Å². The zero-order valence-electron chi connectivity index (χ0n) is 14.8. The van der Waals surface area contributed by atoms with E-state index < -0.39 is 0 Å². The van der Waals surface area contributed by atoms with Crippen LogP contribution in [-0.4, -0.2) is 17.8 Å². The molecule has 1 amide bonds. The van der Waals surface area contributed by atoms with Crippen LogP contribution in [0.15, 0.2) is 53.4 Å². The van der Waals surface area contributed by atoms with Crippen LogP contribution in [-0.2, 0) is 4.79 Å².